The Bertz CT molecular complexity index is 582. The van der Waals surface area contributed by atoms with Gasteiger partial charge in [-0.1, -0.05) is 18.2 Å². The molecule has 1 aliphatic heterocycles. The maximum Gasteiger partial charge on any atom is 0.176 e. The molecule has 0 aliphatic carbocycles. The van der Waals surface area contributed by atoms with Crippen LogP contribution in [0.15, 0.2) is 24.3 Å². The number of likely N-dealkylation sites (N-methyl/N-ethyl adjacent to an activating group) is 1. The molecule has 2 atom stereocenters. The summed E-state index contributed by atoms with van der Waals surface area (Å²) >= 11 is 0. The molecular weight excluding hydrogens is 254 g/mol. The van der Waals surface area contributed by atoms with Gasteiger partial charge in [0.1, 0.15) is 5.75 Å². The first-order valence-electron chi connectivity index (χ1n) is 6.90. The summed E-state index contributed by atoms with van der Waals surface area (Å²) in [7, 11) is 3.77. The van der Waals surface area contributed by atoms with E-state index in [9.17, 15) is 0 Å². The third-order valence-corrected chi connectivity index (χ3v) is 3.81. The molecule has 0 spiro atoms. The number of nitrogens with zero attached hydrogens (tertiary/aromatic N) is 4. The number of tetrazole rings is 1. The Morgan fingerprint density at radius 1 is 1.45 bits per heavy atom. The molecule has 0 bridgehead atoms. The Kier molecular flexibility index (Phi) is 3.64. The highest BCUT2D eigenvalue weighted by Crippen LogP contribution is 2.36. The van der Waals surface area contributed by atoms with Crippen molar-refractivity contribution >= 4 is 0 Å². The zero-order chi connectivity index (χ0) is 13.9. The predicted octanol–water partition coefficient (Wildman–Crippen LogP) is 0.907. The van der Waals surface area contributed by atoms with Crippen molar-refractivity contribution in [3.8, 4) is 5.75 Å². The van der Waals surface area contributed by atoms with Crippen LogP contribution in [-0.2, 0) is 13.5 Å². The van der Waals surface area contributed by atoms with E-state index in [-0.39, 0.29) is 6.04 Å². The van der Waals surface area contributed by atoms with Crippen molar-refractivity contribution in [1.82, 2.24) is 25.5 Å². The molecule has 6 heteroatoms. The predicted molar refractivity (Wildman–Crippen MR) is 74.6 cm³/mol. The van der Waals surface area contributed by atoms with E-state index in [0.717, 1.165) is 31.0 Å². The van der Waals surface area contributed by atoms with E-state index < -0.39 is 0 Å². The molecule has 0 radical (unpaired) electrons. The fourth-order valence-corrected chi connectivity index (χ4v) is 2.83. The van der Waals surface area contributed by atoms with Gasteiger partial charge in [-0.3, -0.25) is 0 Å². The van der Waals surface area contributed by atoms with Gasteiger partial charge in [0.25, 0.3) is 0 Å². The number of fused-ring (bicyclic) bond motifs is 1. The second-order valence-corrected chi connectivity index (χ2v) is 5.08. The van der Waals surface area contributed by atoms with Crippen LogP contribution in [0.3, 0.4) is 0 Å². The van der Waals surface area contributed by atoms with Crippen LogP contribution >= 0.6 is 0 Å². The SMILES string of the molecule is CNC(Cc1nnn(C)n1)C1CCOc2ccccc21. The lowest BCUT2D eigenvalue weighted by Gasteiger charge is -2.31. The van der Waals surface area contributed by atoms with E-state index >= 15 is 0 Å². The molecule has 106 valence electrons. The molecule has 3 rings (SSSR count). The molecule has 20 heavy (non-hydrogen) atoms. The van der Waals surface area contributed by atoms with Crippen LogP contribution in [0.2, 0.25) is 0 Å². The third kappa shape index (κ3) is 2.51. The average molecular weight is 273 g/mol. The molecule has 6 nitrogen and oxygen atoms in total. The van der Waals surface area contributed by atoms with Crippen LogP contribution in [0, 0.1) is 0 Å². The Morgan fingerprint density at radius 2 is 2.30 bits per heavy atom. The van der Waals surface area contributed by atoms with Gasteiger partial charge in [0.2, 0.25) is 0 Å². The number of para-hydroxylation sites is 1. The largest absolute Gasteiger partial charge is 0.493 e. The fraction of sp³-hybridized carbons (Fsp3) is 0.500. The Morgan fingerprint density at radius 3 is 3.05 bits per heavy atom. The van der Waals surface area contributed by atoms with Gasteiger partial charge in [-0.2, -0.15) is 4.80 Å². The van der Waals surface area contributed by atoms with Crippen molar-refractivity contribution in [3.63, 3.8) is 0 Å². The molecule has 1 aliphatic rings. The topological polar surface area (TPSA) is 64.9 Å². The van der Waals surface area contributed by atoms with Gasteiger partial charge >= 0.3 is 0 Å². The zero-order valence-corrected chi connectivity index (χ0v) is 11.8. The minimum atomic E-state index is 0.282. The lowest BCUT2D eigenvalue weighted by Crippen LogP contribution is -2.37. The number of aromatic nitrogens is 4. The van der Waals surface area contributed by atoms with E-state index in [1.807, 2.05) is 19.2 Å². The molecule has 0 saturated heterocycles. The molecular formula is C14H19N5O. The van der Waals surface area contributed by atoms with Gasteiger partial charge in [-0.15, -0.1) is 10.2 Å². The molecule has 2 unspecified atom stereocenters. The number of rotatable bonds is 4. The first-order chi connectivity index (χ1) is 9.78. The number of benzene rings is 1. The van der Waals surface area contributed by atoms with E-state index in [4.69, 9.17) is 4.74 Å². The van der Waals surface area contributed by atoms with Crippen molar-refractivity contribution in [2.24, 2.45) is 7.05 Å². The second kappa shape index (κ2) is 5.58. The van der Waals surface area contributed by atoms with Crippen LogP contribution < -0.4 is 10.1 Å². The zero-order valence-electron chi connectivity index (χ0n) is 11.8. The number of hydrogen-bond donors (Lipinski definition) is 1. The van der Waals surface area contributed by atoms with Crippen molar-refractivity contribution in [1.29, 1.82) is 0 Å². The molecule has 1 aromatic carbocycles. The van der Waals surface area contributed by atoms with Crippen LogP contribution in [0.25, 0.3) is 0 Å². The van der Waals surface area contributed by atoms with Gasteiger partial charge in [0, 0.05) is 18.4 Å². The molecule has 0 fully saturated rings. The van der Waals surface area contributed by atoms with Gasteiger partial charge in [-0.25, -0.2) is 0 Å². The van der Waals surface area contributed by atoms with Gasteiger partial charge in [-0.05, 0) is 30.3 Å². The maximum absolute atomic E-state index is 5.73. The molecule has 2 heterocycles. The van der Waals surface area contributed by atoms with Gasteiger partial charge < -0.3 is 10.1 Å². The van der Waals surface area contributed by atoms with E-state index in [1.165, 1.54) is 10.4 Å². The summed E-state index contributed by atoms with van der Waals surface area (Å²) in [5, 5.41) is 15.7. The Labute approximate surface area is 118 Å². The summed E-state index contributed by atoms with van der Waals surface area (Å²) in [6.45, 7) is 0.758. The smallest absolute Gasteiger partial charge is 0.176 e. The van der Waals surface area contributed by atoms with Crippen molar-refractivity contribution in [2.45, 2.75) is 24.8 Å². The highest BCUT2D eigenvalue weighted by molar-refractivity contribution is 5.38. The quantitative estimate of drug-likeness (QED) is 0.897. The Hall–Kier alpha value is -1.95. The third-order valence-electron chi connectivity index (χ3n) is 3.81. The second-order valence-electron chi connectivity index (χ2n) is 5.08. The lowest BCUT2D eigenvalue weighted by atomic mass is 9.85. The summed E-state index contributed by atoms with van der Waals surface area (Å²) in [4.78, 5) is 1.50. The number of ether oxygens (including phenoxy) is 1. The highest BCUT2D eigenvalue weighted by atomic mass is 16.5. The van der Waals surface area contributed by atoms with Crippen LogP contribution in [0.4, 0.5) is 0 Å². The summed E-state index contributed by atoms with van der Waals surface area (Å²) in [6.07, 6.45) is 1.77. The average Bonchev–Trinajstić information content (AvgIpc) is 2.89. The van der Waals surface area contributed by atoms with Crippen molar-refractivity contribution in [3.05, 3.63) is 35.7 Å². The normalized spacial score (nSPS) is 19.2. The molecule has 0 saturated carbocycles. The number of aryl methyl sites for hydroxylation is 1. The van der Waals surface area contributed by atoms with Gasteiger partial charge in [0.05, 0.1) is 13.7 Å². The number of hydrogen-bond acceptors (Lipinski definition) is 5. The number of nitrogens with one attached hydrogen (secondary N) is 1. The maximum atomic E-state index is 5.73. The summed E-state index contributed by atoms with van der Waals surface area (Å²) < 4.78 is 5.73. The van der Waals surface area contributed by atoms with Gasteiger partial charge in [0.15, 0.2) is 5.82 Å². The molecule has 0 amide bonds. The minimum Gasteiger partial charge on any atom is -0.493 e. The van der Waals surface area contributed by atoms with Crippen LogP contribution in [0.5, 0.6) is 5.75 Å². The molecule has 2 aromatic rings. The van der Waals surface area contributed by atoms with Crippen molar-refractivity contribution in [2.75, 3.05) is 13.7 Å². The monoisotopic (exact) mass is 273 g/mol. The van der Waals surface area contributed by atoms with E-state index in [1.54, 1.807) is 7.05 Å². The molecule has 1 N–H and O–H groups in total. The van der Waals surface area contributed by atoms with Crippen molar-refractivity contribution < 1.29 is 4.74 Å². The summed E-state index contributed by atoms with van der Waals surface area (Å²) in [6, 6.07) is 8.54. The Balaban J connectivity index is 1.83. The molecule has 1 aromatic heterocycles. The minimum absolute atomic E-state index is 0.282. The first kappa shape index (κ1) is 13.1. The summed E-state index contributed by atoms with van der Waals surface area (Å²) in [5.74, 6) is 2.18. The standard InChI is InChI=1S/C14H19N5O/c1-15-12(9-14-16-18-19(2)17-14)10-7-8-20-13-6-4-3-5-11(10)13/h3-6,10,12,15H,7-9H2,1-2H3. The first-order valence-corrected chi connectivity index (χ1v) is 6.90. The van der Waals surface area contributed by atoms with E-state index in [2.05, 4.69) is 32.9 Å². The summed E-state index contributed by atoms with van der Waals surface area (Å²) in [5.41, 5.74) is 1.27. The van der Waals surface area contributed by atoms with E-state index in [0.29, 0.717) is 5.92 Å². The van der Waals surface area contributed by atoms with Crippen LogP contribution in [0.1, 0.15) is 23.7 Å². The highest BCUT2D eigenvalue weighted by Gasteiger charge is 2.28. The van der Waals surface area contributed by atoms with Crippen LogP contribution in [-0.4, -0.2) is 39.9 Å². The fourth-order valence-electron chi connectivity index (χ4n) is 2.83. The lowest BCUT2D eigenvalue weighted by molar-refractivity contribution is 0.246.